The summed E-state index contributed by atoms with van der Waals surface area (Å²) < 4.78 is 23.8. The van der Waals surface area contributed by atoms with Gasteiger partial charge in [0.15, 0.2) is 0 Å². The molecule has 0 saturated heterocycles. The Kier molecular flexibility index (Phi) is 1.77. The van der Waals surface area contributed by atoms with Crippen LogP contribution in [0.2, 0.25) is 0 Å². The van der Waals surface area contributed by atoms with Gasteiger partial charge in [-0.15, -0.1) is 0 Å². The van der Waals surface area contributed by atoms with Crippen LogP contribution in [-0.2, 0) is 0 Å². The summed E-state index contributed by atoms with van der Waals surface area (Å²) in [7, 11) is 0. The number of aromatic amines is 1. The van der Waals surface area contributed by atoms with Crippen molar-refractivity contribution in [3.8, 4) is 11.6 Å². The number of halogens is 2. The Balaban J connectivity index is 2.73. The van der Waals surface area contributed by atoms with Gasteiger partial charge >= 0.3 is 0 Å². The molecule has 2 rings (SSSR count). The number of para-hydroxylation sites is 1. The van der Waals surface area contributed by atoms with Crippen molar-refractivity contribution in [2.24, 2.45) is 0 Å². The topological polar surface area (TPSA) is 34.2 Å². The first-order valence-corrected chi connectivity index (χ1v) is 3.54. The molecule has 0 unspecified atom stereocenters. The largest absolute Gasteiger partial charge is 0.319 e. The fourth-order valence-corrected chi connectivity index (χ4v) is 1.22. The maximum absolute atomic E-state index is 12.0. The number of fused-ring (bicyclic) bond motifs is 1. The molecule has 1 N–H and O–H groups in total. The van der Waals surface area contributed by atoms with Gasteiger partial charge in [0.05, 0.1) is 10.9 Å². The lowest BCUT2D eigenvalue weighted by atomic mass is 10.2. The van der Waals surface area contributed by atoms with Crippen LogP contribution in [0.1, 0.15) is 0 Å². The predicted octanol–water partition coefficient (Wildman–Crippen LogP) is 2.69. The van der Waals surface area contributed by atoms with Crippen LogP contribution in [0.5, 0.6) is 11.6 Å². The summed E-state index contributed by atoms with van der Waals surface area (Å²) in [6.07, 6.45) is 0. The van der Waals surface area contributed by atoms with E-state index in [1.165, 1.54) is 0 Å². The van der Waals surface area contributed by atoms with E-state index in [4.69, 9.17) is 0 Å². The molecule has 0 radical (unpaired) electrons. The van der Waals surface area contributed by atoms with Crippen molar-refractivity contribution in [2.45, 2.75) is 0 Å². The molecule has 1 aromatic carbocycles. The molecule has 0 aliphatic rings. The van der Waals surface area contributed by atoms with Gasteiger partial charge in [-0.05, 0) is 12.1 Å². The first-order chi connectivity index (χ1) is 6.36. The third-order valence-corrected chi connectivity index (χ3v) is 1.78. The van der Waals surface area contributed by atoms with Gasteiger partial charge in [-0.3, -0.25) is 9.88 Å². The molecule has 0 aliphatic heterocycles. The maximum atomic E-state index is 12.0. The van der Waals surface area contributed by atoms with Crippen LogP contribution in [0.3, 0.4) is 0 Å². The Morgan fingerprint density at radius 3 is 2.54 bits per heavy atom. The Labute approximate surface area is 71.7 Å². The van der Waals surface area contributed by atoms with Crippen LogP contribution >= 0.6 is 0 Å². The first kappa shape index (κ1) is 7.85. The summed E-state index contributed by atoms with van der Waals surface area (Å²) in [5.74, 6) is -0.651. The lowest BCUT2D eigenvalue weighted by Crippen LogP contribution is -1.79. The number of hydrogen-bond donors (Lipinski definition) is 1. The van der Waals surface area contributed by atoms with E-state index in [1.54, 1.807) is 24.3 Å². The lowest BCUT2D eigenvalue weighted by Gasteiger charge is -1.91. The van der Waals surface area contributed by atoms with Gasteiger partial charge in [0.1, 0.15) is 0 Å². The van der Waals surface area contributed by atoms with Crippen molar-refractivity contribution in [1.82, 2.24) is 4.98 Å². The Bertz CT molecular complexity index is 427. The fourth-order valence-electron chi connectivity index (χ4n) is 1.22. The molecule has 1 heterocycles. The maximum Gasteiger partial charge on any atom is 0.289 e. The van der Waals surface area contributed by atoms with Gasteiger partial charge in [0.25, 0.3) is 5.88 Å². The number of rotatable bonds is 2. The minimum Gasteiger partial charge on any atom is -0.319 e. The molecule has 1 aromatic heterocycles. The molecule has 13 heavy (non-hydrogen) atoms. The SMILES string of the molecule is FOc1[nH]c2ccccc2c1OF. The monoisotopic (exact) mass is 185 g/mol. The van der Waals surface area contributed by atoms with E-state index in [1.807, 2.05) is 0 Å². The summed E-state index contributed by atoms with van der Waals surface area (Å²) in [6.45, 7) is 0. The van der Waals surface area contributed by atoms with Gasteiger partial charge in [-0.25, -0.2) is 0 Å². The molecule has 0 saturated carbocycles. The van der Waals surface area contributed by atoms with Crippen molar-refractivity contribution in [2.75, 3.05) is 0 Å². The van der Waals surface area contributed by atoms with Crippen LogP contribution in [0, 0.1) is 0 Å². The summed E-state index contributed by atoms with van der Waals surface area (Å²) in [5.41, 5.74) is 0.544. The van der Waals surface area contributed by atoms with Crippen LogP contribution in [0.25, 0.3) is 10.9 Å². The molecule has 0 spiro atoms. The molecule has 2 aromatic rings. The van der Waals surface area contributed by atoms with E-state index in [-0.39, 0.29) is 11.6 Å². The van der Waals surface area contributed by atoms with E-state index >= 15 is 0 Å². The molecular weight excluding hydrogens is 180 g/mol. The van der Waals surface area contributed by atoms with E-state index in [0.717, 1.165) is 0 Å². The minimum absolute atomic E-state index is 0.280. The van der Waals surface area contributed by atoms with Gasteiger partial charge in [0.2, 0.25) is 5.75 Å². The van der Waals surface area contributed by atoms with Gasteiger partial charge in [-0.1, -0.05) is 12.1 Å². The molecule has 5 heteroatoms. The Morgan fingerprint density at radius 1 is 1.08 bits per heavy atom. The number of hydrogen-bond acceptors (Lipinski definition) is 2. The van der Waals surface area contributed by atoms with E-state index in [9.17, 15) is 9.05 Å². The molecule has 3 nitrogen and oxygen atoms in total. The molecule has 0 amide bonds. The minimum atomic E-state index is -0.372. The number of aromatic nitrogens is 1. The highest BCUT2D eigenvalue weighted by atomic mass is 19.3. The molecule has 0 aliphatic carbocycles. The molecule has 0 bridgehead atoms. The summed E-state index contributed by atoms with van der Waals surface area (Å²) in [6, 6.07) is 6.65. The van der Waals surface area contributed by atoms with Crippen LogP contribution in [0.15, 0.2) is 24.3 Å². The van der Waals surface area contributed by atoms with Crippen LogP contribution in [-0.4, -0.2) is 4.98 Å². The fraction of sp³-hybridized carbons (Fsp3) is 0. The predicted molar refractivity (Wildman–Crippen MR) is 41.8 cm³/mol. The zero-order chi connectivity index (χ0) is 9.26. The second-order valence-electron chi connectivity index (χ2n) is 2.48. The van der Waals surface area contributed by atoms with Crippen molar-refractivity contribution in [3.63, 3.8) is 0 Å². The molecule has 0 fully saturated rings. The van der Waals surface area contributed by atoms with E-state index in [2.05, 4.69) is 14.9 Å². The van der Waals surface area contributed by atoms with Crippen LogP contribution < -0.4 is 9.88 Å². The van der Waals surface area contributed by atoms with E-state index < -0.39 is 0 Å². The zero-order valence-corrected chi connectivity index (χ0v) is 6.38. The highest BCUT2D eigenvalue weighted by molar-refractivity contribution is 5.88. The summed E-state index contributed by atoms with van der Waals surface area (Å²) >= 11 is 0. The summed E-state index contributed by atoms with van der Waals surface area (Å²) in [4.78, 5) is 9.40. The van der Waals surface area contributed by atoms with Crippen molar-refractivity contribution >= 4 is 10.9 Å². The van der Waals surface area contributed by atoms with Crippen molar-refractivity contribution < 1.29 is 18.9 Å². The number of nitrogens with one attached hydrogen (secondary N) is 1. The highest BCUT2D eigenvalue weighted by Gasteiger charge is 2.15. The average molecular weight is 185 g/mol. The third kappa shape index (κ3) is 1.09. The normalized spacial score (nSPS) is 10.3. The molecular formula is C8H5F2NO2. The second-order valence-corrected chi connectivity index (χ2v) is 2.48. The Hall–Kier alpha value is -1.78. The standard InChI is InChI=1S/C8H5F2NO2/c9-12-7-5-3-1-2-4-6(5)11-8(7)13-10/h1-4,11H. The third-order valence-electron chi connectivity index (χ3n) is 1.78. The average Bonchev–Trinajstić information content (AvgIpc) is 2.55. The number of benzene rings is 1. The van der Waals surface area contributed by atoms with Gasteiger partial charge in [-0.2, -0.15) is 0 Å². The van der Waals surface area contributed by atoms with Gasteiger partial charge < -0.3 is 4.98 Å². The van der Waals surface area contributed by atoms with Crippen molar-refractivity contribution in [1.29, 1.82) is 0 Å². The van der Waals surface area contributed by atoms with Gasteiger partial charge in [0, 0.05) is 9.05 Å². The first-order valence-electron chi connectivity index (χ1n) is 3.54. The quantitative estimate of drug-likeness (QED) is 0.780. The second kappa shape index (κ2) is 2.93. The molecule has 68 valence electrons. The van der Waals surface area contributed by atoms with Crippen molar-refractivity contribution in [3.05, 3.63) is 24.3 Å². The Morgan fingerprint density at radius 2 is 1.85 bits per heavy atom. The van der Waals surface area contributed by atoms with Crippen LogP contribution in [0.4, 0.5) is 9.05 Å². The smallest absolute Gasteiger partial charge is 0.289 e. The van der Waals surface area contributed by atoms with E-state index in [0.29, 0.717) is 10.9 Å². The zero-order valence-electron chi connectivity index (χ0n) is 6.38. The highest BCUT2D eigenvalue weighted by Crippen LogP contribution is 2.35. The number of H-pyrrole nitrogens is 1. The molecule has 0 atom stereocenters. The lowest BCUT2D eigenvalue weighted by molar-refractivity contribution is -0.0401. The summed E-state index contributed by atoms with van der Waals surface area (Å²) in [5, 5.41) is 0.428.